The molecule has 18 heteroatoms. The molecule has 1 fully saturated rings. The van der Waals surface area contributed by atoms with Gasteiger partial charge in [0.2, 0.25) is 0 Å². The van der Waals surface area contributed by atoms with Crippen LogP contribution in [0.3, 0.4) is 0 Å². The Balaban J connectivity index is 1.49. The number of nitrogens with two attached hydrogens (primary N) is 2. The summed E-state index contributed by atoms with van der Waals surface area (Å²) in [7, 11) is 2.88. The van der Waals surface area contributed by atoms with Gasteiger partial charge in [0.25, 0.3) is 11.8 Å². The molecule has 2 aliphatic heterocycles. The second-order valence-corrected chi connectivity index (χ2v) is 10.9. The van der Waals surface area contributed by atoms with Crippen molar-refractivity contribution in [3.63, 3.8) is 0 Å². The predicted molar refractivity (Wildman–Crippen MR) is 144 cm³/mol. The van der Waals surface area contributed by atoms with Crippen LogP contribution in [0.2, 0.25) is 0 Å². The van der Waals surface area contributed by atoms with Crippen LogP contribution in [0.5, 0.6) is 0 Å². The number of β-lactam (4-membered cyclic amide) rings is 1. The van der Waals surface area contributed by atoms with E-state index in [0.717, 1.165) is 16.2 Å². The second kappa shape index (κ2) is 11.5. The highest BCUT2D eigenvalue weighted by atomic mass is 32.2. The Morgan fingerprint density at radius 1 is 1.33 bits per heavy atom. The largest absolute Gasteiger partial charge is 0.477 e. The molecule has 1 saturated heterocycles. The van der Waals surface area contributed by atoms with Gasteiger partial charge in [-0.2, -0.15) is 0 Å². The zero-order valence-corrected chi connectivity index (χ0v) is 23.3. The summed E-state index contributed by atoms with van der Waals surface area (Å²) in [6.45, 7) is 1.83. The number of ether oxygens (including phenoxy) is 1. The molecule has 0 saturated carbocycles. The minimum atomic E-state index is -1.28. The maximum atomic E-state index is 13.0. The molecule has 15 nitrogen and oxygen atoms in total. The molecular weight excluding hydrogens is 572 g/mol. The summed E-state index contributed by atoms with van der Waals surface area (Å²) < 4.78 is 6.47. The fraction of sp³-hybridized carbons (Fsp3) is 0.381. The number of aromatic nitrogens is 3. The summed E-state index contributed by atoms with van der Waals surface area (Å²) in [4.78, 5) is 64.4. The van der Waals surface area contributed by atoms with Crippen LogP contribution >= 0.6 is 34.9 Å². The van der Waals surface area contributed by atoms with E-state index in [2.05, 4.69) is 20.4 Å². The number of nitrogen functional groups attached to an aromatic ring is 2. The maximum Gasteiger partial charge on any atom is 0.360 e. The number of nitrogens with one attached hydrogen (secondary N) is 1. The van der Waals surface area contributed by atoms with Gasteiger partial charge < -0.3 is 36.0 Å². The quantitative estimate of drug-likeness (QED) is 0.0941. The minimum absolute atomic E-state index is 0.0272. The monoisotopic (exact) mass is 596 g/mol. The van der Waals surface area contributed by atoms with E-state index in [4.69, 9.17) is 21.0 Å². The number of carboxylic acid groups (broad SMARTS) is 1. The van der Waals surface area contributed by atoms with E-state index in [1.165, 1.54) is 40.6 Å². The van der Waals surface area contributed by atoms with E-state index in [9.17, 15) is 24.3 Å². The van der Waals surface area contributed by atoms with E-state index in [1.54, 1.807) is 14.0 Å². The third kappa shape index (κ3) is 5.39. The van der Waals surface area contributed by atoms with Crippen LogP contribution in [0.4, 0.5) is 10.9 Å². The van der Waals surface area contributed by atoms with Crippen molar-refractivity contribution >= 4 is 75.3 Å². The Morgan fingerprint density at radius 3 is 2.69 bits per heavy atom. The van der Waals surface area contributed by atoms with E-state index in [-0.39, 0.29) is 51.9 Å². The van der Waals surface area contributed by atoms with E-state index < -0.39 is 35.2 Å². The summed E-state index contributed by atoms with van der Waals surface area (Å²) >= 11 is 3.58. The number of aliphatic carboxylic acids is 1. The first-order valence-electron chi connectivity index (χ1n) is 11.2. The molecule has 2 aromatic rings. The lowest BCUT2D eigenvalue weighted by Gasteiger charge is -2.49. The number of esters is 1. The van der Waals surface area contributed by atoms with Crippen molar-refractivity contribution in [3.8, 4) is 0 Å². The zero-order chi connectivity index (χ0) is 28.4. The van der Waals surface area contributed by atoms with Crippen LogP contribution in [-0.2, 0) is 31.0 Å². The van der Waals surface area contributed by atoms with Gasteiger partial charge >= 0.3 is 11.9 Å². The second-order valence-electron chi connectivity index (χ2n) is 8.01. The lowest BCUT2D eigenvalue weighted by atomic mass is 10.0. The fourth-order valence-corrected chi connectivity index (χ4v) is 6.83. The Kier molecular flexibility index (Phi) is 8.36. The maximum absolute atomic E-state index is 13.0. The van der Waals surface area contributed by atoms with Crippen molar-refractivity contribution in [1.82, 2.24) is 24.8 Å². The van der Waals surface area contributed by atoms with Crippen molar-refractivity contribution in [2.45, 2.75) is 23.5 Å². The number of thiazole rings is 1. The molecule has 4 heterocycles. The number of carboxylic acids is 1. The summed E-state index contributed by atoms with van der Waals surface area (Å²) in [6, 6.07) is -0.981. The molecule has 2 aromatic heterocycles. The molecule has 2 amide bonds. The number of hydrogen-bond donors (Lipinski definition) is 4. The van der Waals surface area contributed by atoms with E-state index >= 15 is 0 Å². The fourth-order valence-electron chi connectivity index (χ4n) is 3.82. The highest BCUT2D eigenvalue weighted by Crippen LogP contribution is 2.41. The molecule has 0 unspecified atom stereocenters. The number of imidazole rings is 1. The topological polar surface area (TPSA) is 217 Å². The number of carbonyl (C=O) groups excluding carboxylic acids is 3. The highest BCUT2D eigenvalue weighted by molar-refractivity contribution is 8.01. The van der Waals surface area contributed by atoms with Crippen LogP contribution in [0.1, 0.15) is 23.1 Å². The number of fused-ring (bicyclic) bond motifs is 1. The third-order valence-electron chi connectivity index (χ3n) is 5.64. The van der Waals surface area contributed by atoms with Gasteiger partial charge in [0.1, 0.15) is 35.7 Å². The lowest BCUT2D eigenvalue weighted by Crippen LogP contribution is -2.71. The number of rotatable bonds is 10. The van der Waals surface area contributed by atoms with Crippen LogP contribution in [0, 0.1) is 0 Å². The van der Waals surface area contributed by atoms with E-state index in [0.29, 0.717) is 10.7 Å². The van der Waals surface area contributed by atoms with Gasteiger partial charge in [0.15, 0.2) is 21.7 Å². The Hall–Kier alpha value is -3.77. The number of thioether (sulfide) groups is 2. The molecule has 2 aliphatic rings. The number of nitrogens with zero attached hydrogens (tertiary/aromatic N) is 5. The number of oxime groups is 1. The average Bonchev–Trinajstić information content (AvgIpc) is 3.46. The number of amides is 2. The SMILES string of the molecule is CCOC(=O)c1nc(SCC2=C(C(=O)O)N3C(=O)[C@@H](NC(=O)C(=NOC)c4csc(N)n4)[C@@H]3SC2)n(C)c1N. The first-order chi connectivity index (χ1) is 18.6. The molecule has 4 rings (SSSR count). The molecule has 0 aliphatic carbocycles. The standard InChI is InChI=1S/C21H24N8O7S3/c1-4-36-19(34)11-14(22)28(2)21(26-11)39-6-8-5-37-17-12(16(31)29(17)13(8)18(32)33)25-15(30)10(27-35-3)9-7-38-20(23)24-9/h7,12,17H,4-6,22H2,1-3H3,(H2,23,24)(H,25,30)(H,32,33)/t12-,17+/m1/s1. The smallest absolute Gasteiger partial charge is 0.360 e. The van der Waals surface area contributed by atoms with Crippen LogP contribution in [0.15, 0.2) is 27.0 Å². The van der Waals surface area contributed by atoms with Gasteiger partial charge in [-0.25, -0.2) is 19.6 Å². The first kappa shape index (κ1) is 28.2. The molecule has 6 N–H and O–H groups in total. The average molecular weight is 597 g/mol. The van der Waals surface area contributed by atoms with Crippen molar-refractivity contribution in [2.75, 3.05) is 36.7 Å². The van der Waals surface area contributed by atoms with Crippen molar-refractivity contribution in [1.29, 1.82) is 0 Å². The predicted octanol–water partition coefficient (Wildman–Crippen LogP) is 0.0991. The van der Waals surface area contributed by atoms with Gasteiger partial charge in [-0.15, -0.1) is 23.1 Å². The molecule has 0 radical (unpaired) electrons. The van der Waals surface area contributed by atoms with Crippen LogP contribution in [0.25, 0.3) is 0 Å². The molecule has 39 heavy (non-hydrogen) atoms. The Morgan fingerprint density at radius 2 is 2.08 bits per heavy atom. The number of carbonyl (C=O) groups is 4. The summed E-state index contributed by atoms with van der Waals surface area (Å²) in [6.07, 6.45) is 0. The zero-order valence-electron chi connectivity index (χ0n) is 20.9. The summed E-state index contributed by atoms with van der Waals surface area (Å²) in [5.41, 5.74) is 11.9. The molecule has 0 bridgehead atoms. The minimum Gasteiger partial charge on any atom is -0.477 e. The molecule has 0 aromatic carbocycles. The Bertz CT molecular complexity index is 1400. The first-order valence-corrected chi connectivity index (χ1v) is 14.2. The van der Waals surface area contributed by atoms with Crippen molar-refractivity contribution in [3.05, 3.63) is 28.0 Å². The molecular formula is C21H24N8O7S3. The molecule has 0 spiro atoms. The molecule has 2 atom stereocenters. The van der Waals surface area contributed by atoms with Gasteiger partial charge in [0, 0.05) is 23.9 Å². The number of anilines is 2. The van der Waals surface area contributed by atoms with Gasteiger partial charge in [0.05, 0.1) is 6.61 Å². The van der Waals surface area contributed by atoms with E-state index in [1.807, 2.05) is 0 Å². The van der Waals surface area contributed by atoms with Gasteiger partial charge in [-0.05, 0) is 12.5 Å². The summed E-state index contributed by atoms with van der Waals surface area (Å²) in [5.74, 6) is -2.66. The highest BCUT2D eigenvalue weighted by Gasteiger charge is 2.54. The van der Waals surface area contributed by atoms with Gasteiger partial charge in [-0.3, -0.25) is 14.5 Å². The van der Waals surface area contributed by atoms with Crippen LogP contribution < -0.4 is 16.8 Å². The summed E-state index contributed by atoms with van der Waals surface area (Å²) in [5, 5.41) is 17.7. The number of hydrogen-bond acceptors (Lipinski definition) is 14. The van der Waals surface area contributed by atoms with Gasteiger partial charge in [-0.1, -0.05) is 16.9 Å². The third-order valence-corrected chi connectivity index (χ3v) is 8.77. The molecule has 208 valence electrons. The van der Waals surface area contributed by atoms with Crippen molar-refractivity contribution < 1.29 is 33.9 Å². The lowest BCUT2D eigenvalue weighted by molar-refractivity contribution is -0.150. The normalized spacial score (nSPS) is 18.9. The van der Waals surface area contributed by atoms with Crippen molar-refractivity contribution in [2.24, 2.45) is 12.2 Å². The Labute approximate surface area is 234 Å². The van der Waals surface area contributed by atoms with Crippen LogP contribution in [-0.4, -0.2) is 90.6 Å².